The highest BCUT2D eigenvalue weighted by Crippen LogP contribution is 2.22. The van der Waals surface area contributed by atoms with Gasteiger partial charge >= 0.3 is 5.97 Å². The van der Waals surface area contributed by atoms with E-state index in [1.54, 1.807) is 58.2 Å². The van der Waals surface area contributed by atoms with Gasteiger partial charge in [0.25, 0.3) is 0 Å². The van der Waals surface area contributed by atoms with Crippen LogP contribution in [0.4, 0.5) is 0 Å². The molecular formula is C77H115N21O21. The van der Waals surface area contributed by atoms with Crippen LogP contribution in [0.5, 0.6) is 11.5 Å². The Morgan fingerprint density at radius 2 is 0.832 bits per heavy atom. The number of aromatic amines is 1. The molecule has 1 aromatic heterocycles. The molecule has 119 heavy (non-hydrogen) atoms. The average molecular weight is 1670 g/mol. The number of carboxylic acids is 1. The molecule has 42 heteroatoms. The smallest absolute Gasteiger partial charge is 0.326 e. The minimum Gasteiger partial charge on any atom is -0.508 e. The Labute approximate surface area is 686 Å². The quantitative estimate of drug-likeness (QED) is 0.0111. The van der Waals surface area contributed by atoms with Gasteiger partial charge in [0.2, 0.25) is 88.6 Å². The van der Waals surface area contributed by atoms with Gasteiger partial charge in [-0.05, 0) is 130 Å². The molecule has 3 aromatic carbocycles. The van der Waals surface area contributed by atoms with E-state index < -0.39 is 237 Å². The SMILES string of the molecule is CC[C@H](C)[C@H](NC(=O)[C@H](CO)NC(=O)[C@@H](N)CCCNC(=N)N)C(=O)N[C@@H](CO)C(=O)N[C@@H](CCC(N)=O)C(=O)N[C@@H](Cc1ccc(O)cc1)C(=O)N[C@@H](CC(C)C)C(=O)N[C@@H](C)C(=O)N[C@@H](Cc1c[nH]c2ccccc12)C(=O)N[C@@H](Cc1ccc(O)cc1)C(=O)N[C@@H](CCC(N)=O)C(=O)N[C@@H](CCC(N)=O)C(=O)N[C@@H](CCCCN)C(=O)O. The number of guanidine groups is 1. The Morgan fingerprint density at radius 1 is 0.437 bits per heavy atom. The number of hydrogen-bond donors (Lipinski definition) is 26. The molecule has 0 aliphatic carbocycles. The van der Waals surface area contributed by atoms with Gasteiger partial charge in [0.15, 0.2) is 5.96 Å². The highest BCUT2D eigenvalue weighted by atomic mass is 16.4. The topological polar surface area (TPSA) is 726 Å². The summed E-state index contributed by atoms with van der Waals surface area (Å²) < 4.78 is 0. The van der Waals surface area contributed by atoms with Crippen LogP contribution in [-0.2, 0) is 96.0 Å². The molecule has 0 bridgehead atoms. The maximum Gasteiger partial charge on any atom is 0.326 e. The van der Waals surface area contributed by atoms with Crippen molar-refractivity contribution in [1.82, 2.24) is 74.1 Å². The average Bonchev–Trinajstić information content (AvgIpc) is 1.75. The number of aliphatic carboxylic acids is 1. The number of aliphatic hydroxyl groups excluding tert-OH is 2. The van der Waals surface area contributed by atoms with Crippen molar-refractivity contribution in [2.75, 3.05) is 26.3 Å². The molecule has 0 aliphatic rings. The number of aromatic nitrogens is 1. The monoisotopic (exact) mass is 1670 g/mol. The highest BCUT2D eigenvalue weighted by Gasteiger charge is 2.39. The molecule has 0 spiro atoms. The van der Waals surface area contributed by atoms with Crippen LogP contribution >= 0.6 is 0 Å². The lowest BCUT2D eigenvalue weighted by Crippen LogP contribution is -2.62. The number of phenols is 2. The van der Waals surface area contributed by atoms with Crippen LogP contribution in [-0.4, -0.2) is 236 Å². The summed E-state index contributed by atoms with van der Waals surface area (Å²) in [4.78, 5) is 223. The number of nitrogens with one attached hydrogen (secondary N) is 15. The molecule has 0 unspecified atom stereocenters. The zero-order valence-corrected chi connectivity index (χ0v) is 67.0. The summed E-state index contributed by atoms with van der Waals surface area (Å²) in [6.07, 6.45) is -1.54. The van der Waals surface area contributed by atoms with Gasteiger partial charge in [0.1, 0.15) is 84.0 Å². The van der Waals surface area contributed by atoms with Gasteiger partial charge in [-0.15, -0.1) is 0 Å². The minimum atomic E-state index is -1.88. The van der Waals surface area contributed by atoms with Crippen LogP contribution in [0, 0.1) is 17.2 Å². The predicted molar refractivity (Wildman–Crippen MR) is 431 cm³/mol. The zero-order chi connectivity index (χ0) is 88.8. The van der Waals surface area contributed by atoms with Crippen LogP contribution in [0.1, 0.15) is 135 Å². The number of benzene rings is 3. The van der Waals surface area contributed by atoms with Crippen molar-refractivity contribution in [1.29, 1.82) is 5.41 Å². The van der Waals surface area contributed by atoms with Gasteiger partial charge < -0.3 is 134 Å². The first-order valence-electron chi connectivity index (χ1n) is 38.9. The third kappa shape index (κ3) is 34.6. The van der Waals surface area contributed by atoms with E-state index in [0.29, 0.717) is 40.4 Å². The normalized spacial score (nSPS) is 14.7. The Bertz CT molecular complexity index is 4150. The van der Waals surface area contributed by atoms with Crippen molar-refractivity contribution in [2.45, 2.75) is 216 Å². The molecule has 42 nitrogen and oxygen atoms in total. The van der Waals surface area contributed by atoms with Gasteiger partial charge in [0.05, 0.1) is 19.3 Å². The fourth-order valence-corrected chi connectivity index (χ4v) is 12.1. The van der Waals surface area contributed by atoms with Crippen molar-refractivity contribution in [2.24, 2.45) is 46.2 Å². The number of rotatable bonds is 54. The van der Waals surface area contributed by atoms with Crippen molar-refractivity contribution >= 4 is 111 Å². The Kier molecular flexibility index (Phi) is 41.6. The number of unbranched alkanes of at least 4 members (excludes halogenated alkanes) is 1. The van der Waals surface area contributed by atoms with E-state index in [-0.39, 0.29) is 81.9 Å². The van der Waals surface area contributed by atoms with Crippen LogP contribution in [0.3, 0.4) is 0 Å². The summed E-state index contributed by atoms with van der Waals surface area (Å²) in [5, 5.41) is 91.1. The number of phenolic OH excluding ortho intramolecular Hbond substituents is 2. The lowest BCUT2D eigenvalue weighted by Gasteiger charge is -2.29. The summed E-state index contributed by atoms with van der Waals surface area (Å²) in [6.45, 7) is 6.20. The number of para-hydroxylation sites is 1. The molecule has 654 valence electrons. The summed E-state index contributed by atoms with van der Waals surface area (Å²) in [5.74, 6) is -18.6. The van der Waals surface area contributed by atoms with E-state index in [0.717, 1.165) is 0 Å². The molecule has 4 aromatic rings. The molecule has 15 amide bonds. The Hall–Kier alpha value is -12.6. The van der Waals surface area contributed by atoms with Gasteiger partial charge in [-0.25, -0.2) is 4.79 Å². The van der Waals surface area contributed by atoms with E-state index in [1.807, 2.05) is 0 Å². The summed E-state index contributed by atoms with van der Waals surface area (Å²) in [6, 6.07) is -3.27. The number of aliphatic hydroxyl groups is 2. The standard InChI is InChI=1S/C77H115N21O21/c1-6-40(4)63(98-74(116)59(38-100)96-65(107)48(79)13-11-31-85-77(83)84)75(117)97-58(37-99)73(115)90-52(26-29-62(82)105)68(110)94-56(34-43-18-22-46(102)23-19-43)71(113)93-54(32-39(2)3)69(111)87-41(5)64(106)92-57(35-44-36-86-49-14-8-7-12-47(44)49)72(114)95-55(33-42-16-20-45(101)21-17-42)70(112)89-50(24-27-60(80)103)66(108)88-51(25-28-61(81)104)67(109)91-53(76(118)119)15-9-10-30-78/h7-8,12,14,16-23,36,39-41,48,50-59,63,86,99-102H,6,9-11,13,15,24-35,37-38,78-79H2,1-5H3,(H2,80,103)(H2,81,104)(H2,82,105)(H,87,111)(H,88,108)(H,89,112)(H,90,115)(H,91,109)(H,92,106)(H,93,113)(H,94,110)(H,95,114)(H,96,107)(H,97,117)(H,98,116)(H,118,119)(H4,83,84,85)/t40-,41-,48-,50-,51-,52-,53-,54-,55-,56-,57-,58-,59-,63-/m0/s1. The number of amides is 15. The first-order valence-corrected chi connectivity index (χ1v) is 38.9. The summed E-state index contributed by atoms with van der Waals surface area (Å²) >= 11 is 0. The van der Waals surface area contributed by atoms with Gasteiger partial charge in [-0.1, -0.05) is 76.6 Å². The van der Waals surface area contributed by atoms with E-state index in [9.17, 15) is 97.5 Å². The highest BCUT2D eigenvalue weighted by molar-refractivity contribution is 6.01. The molecule has 0 saturated carbocycles. The van der Waals surface area contributed by atoms with Crippen molar-refractivity contribution in [3.63, 3.8) is 0 Å². The molecule has 0 saturated heterocycles. The third-order valence-electron chi connectivity index (χ3n) is 19.1. The first-order chi connectivity index (χ1) is 56.3. The maximum absolute atomic E-state index is 15.1. The van der Waals surface area contributed by atoms with Crippen molar-refractivity contribution in [3.05, 3.63) is 95.7 Å². The fourth-order valence-electron chi connectivity index (χ4n) is 12.1. The van der Waals surface area contributed by atoms with Crippen LogP contribution < -0.4 is 104 Å². The molecule has 32 N–H and O–H groups in total. The molecule has 0 aliphatic heterocycles. The van der Waals surface area contributed by atoms with E-state index in [1.165, 1.54) is 55.5 Å². The van der Waals surface area contributed by atoms with Crippen molar-refractivity contribution in [3.8, 4) is 11.5 Å². The van der Waals surface area contributed by atoms with Gasteiger partial charge in [0, 0.05) is 62.2 Å². The zero-order valence-electron chi connectivity index (χ0n) is 67.0. The molecule has 1 heterocycles. The first kappa shape index (κ1) is 98.8. The van der Waals surface area contributed by atoms with E-state index >= 15 is 4.79 Å². The number of aromatic hydroxyl groups is 2. The second-order valence-corrected chi connectivity index (χ2v) is 29.2. The van der Waals surface area contributed by atoms with Crippen LogP contribution in [0.25, 0.3) is 10.9 Å². The van der Waals surface area contributed by atoms with Crippen LogP contribution in [0.2, 0.25) is 0 Å². The third-order valence-corrected chi connectivity index (χ3v) is 19.1. The Morgan fingerprint density at radius 3 is 1.27 bits per heavy atom. The fraction of sp³-hybridized carbons (Fsp3) is 0.519. The van der Waals surface area contributed by atoms with Crippen LogP contribution in [0.15, 0.2) is 79.0 Å². The molecule has 0 fully saturated rings. The molecule has 14 atom stereocenters. The number of fused-ring (bicyclic) bond motifs is 1. The van der Waals surface area contributed by atoms with Crippen molar-refractivity contribution < 1.29 is 102 Å². The summed E-state index contributed by atoms with van der Waals surface area (Å²) in [7, 11) is 0. The number of carboxylic acid groups (broad SMARTS) is 1. The number of carbonyl (C=O) groups excluding carboxylic acids is 15. The number of H-pyrrole nitrogens is 1. The Balaban J connectivity index is 1.66. The second-order valence-electron chi connectivity index (χ2n) is 29.2. The lowest BCUT2D eigenvalue weighted by atomic mass is 9.97. The van der Waals surface area contributed by atoms with Gasteiger partial charge in [-0.3, -0.25) is 77.3 Å². The van der Waals surface area contributed by atoms with E-state index in [4.69, 9.17) is 39.8 Å². The summed E-state index contributed by atoms with van der Waals surface area (Å²) in [5.41, 5.74) is 34.9. The lowest BCUT2D eigenvalue weighted by molar-refractivity contribution is -0.142. The number of carbonyl (C=O) groups is 16. The minimum absolute atomic E-state index is 0.0640. The van der Waals surface area contributed by atoms with E-state index in [2.05, 4.69) is 74.1 Å². The molecule has 4 rings (SSSR count). The largest absolute Gasteiger partial charge is 0.508 e. The second kappa shape index (κ2) is 50.1. The molecule has 0 radical (unpaired) electrons. The number of hydrogen-bond acceptors (Lipinski definition) is 23. The maximum atomic E-state index is 15.1. The number of primary amides is 3. The number of nitrogens with two attached hydrogens (primary N) is 6. The predicted octanol–water partition coefficient (Wildman–Crippen LogP) is -5.88. The molecular weight excluding hydrogens is 1550 g/mol. The van der Waals surface area contributed by atoms with Gasteiger partial charge in [-0.2, -0.15) is 0 Å².